The molecule has 0 aliphatic carbocycles. The van der Waals surface area contributed by atoms with Gasteiger partial charge in [0.25, 0.3) is 0 Å². The van der Waals surface area contributed by atoms with Crippen LogP contribution in [-0.4, -0.2) is 87.5 Å². The number of nitrogens with one attached hydrogen (secondary N) is 1. The van der Waals surface area contributed by atoms with Crippen LogP contribution in [-0.2, 0) is 14.3 Å². The first-order valence-electron chi connectivity index (χ1n) is 22.7. The second kappa shape index (κ2) is 35.6. The lowest BCUT2D eigenvalue weighted by molar-refractivity contribution is -0.302. The third kappa shape index (κ3) is 26.6. The zero-order valence-corrected chi connectivity index (χ0v) is 34.5. The minimum absolute atomic E-state index is 0.144. The van der Waals surface area contributed by atoms with E-state index in [1.54, 1.807) is 6.92 Å². The van der Waals surface area contributed by atoms with Crippen molar-refractivity contribution >= 4 is 5.91 Å². The Hall–Kier alpha value is -0.810. The standard InChI is InChI=1S/C44H87NO8/c1-3-5-6-7-8-9-10-11-12-13-14-15-16-17-18-19-20-21-22-23-24-25-26-27-28-29-30-31-32-33-34-38(47)37(45-40(48)4-2)36-52-44-43(51)42(50)41(49)39(35-46)53-44/h37-39,41-44,46-47,49-51H,3-36H2,1-2H3,(H,45,48). The maximum absolute atomic E-state index is 12.1. The lowest BCUT2D eigenvalue weighted by atomic mass is 9.99. The topological polar surface area (TPSA) is 149 Å². The second-order valence-electron chi connectivity index (χ2n) is 16.2. The van der Waals surface area contributed by atoms with Gasteiger partial charge in [-0.2, -0.15) is 0 Å². The van der Waals surface area contributed by atoms with Crippen molar-refractivity contribution in [3.8, 4) is 0 Å². The molecule has 0 aromatic heterocycles. The van der Waals surface area contributed by atoms with Crippen LogP contribution in [0.25, 0.3) is 0 Å². The van der Waals surface area contributed by atoms with E-state index in [1.807, 2.05) is 0 Å². The summed E-state index contributed by atoms with van der Waals surface area (Å²) in [4.78, 5) is 12.1. The zero-order chi connectivity index (χ0) is 38.8. The summed E-state index contributed by atoms with van der Waals surface area (Å²) >= 11 is 0. The summed E-state index contributed by atoms with van der Waals surface area (Å²) in [5, 5.41) is 53.2. The predicted molar refractivity (Wildman–Crippen MR) is 217 cm³/mol. The number of carbonyl (C=O) groups excluding carboxylic acids is 1. The fourth-order valence-corrected chi connectivity index (χ4v) is 7.54. The lowest BCUT2D eigenvalue weighted by Crippen LogP contribution is -2.60. The SMILES string of the molecule is CCCCCCCCCCCCCCCCCCCCCCCCCCCCCCCCC(O)C(COC1OC(CO)C(O)C(O)C1O)NC(=O)CC. The molecule has 7 unspecified atom stereocenters. The molecule has 316 valence electrons. The Labute approximate surface area is 325 Å². The Bertz CT molecular complexity index is 801. The quantitative estimate of drug-likeness (QED) is 0.0342. The normalized spacial score (nSPS) is 21.5. The summed E-state index contributed by atoms with van der Waals surface area (Å²) in [6.07, 6.45) is 33.8. The fraction of sp³-hybridized carbons (Fsp3) is 0.977. The van der Waals surface area contributed by atoms with Crippen LogP contribution in [0.4, 0.5) is 0 Å². The number of unbranched alkanes of at least 4 members (excludes halogenated alkanes) is 29. The largest absolute Gasteiger partial charge is 0.394 e. The summed E-state index contributed by atoms with van der Waals surface area (Å²) in [6.45, 7) is 3.32. The minimum Gasteiger partial charge on any atom is -0.394 e. The van der Waals surface area contributed by atoms with E-state index in [0.717, 1.165) is 19.3 Å². The van der Waals surface area contributed by atoms with E-state index in [9.17, 15) is 30.3 Å². The first kappa shape index (κ1) is 50.2. The Kier molecular flexibility index (Phi) is 33.7. The van der Waals surface area contributed by atoms with Crippen molar-refractivity contribution in [3.05, 3.63) is 0 Å². The molecule has 0 radical (unpaired) electrons. The number of carbonyl (C=O) groups is 1. The van der Waals surface area contributed by atoms with Crippen molar-refractivity contribution in [1.82, 2.24) is 5.32 Å². The first-order chi connectivity index (χ1) is 25.8. The molecule has 1 aliphatic rings. The maximum Gasteiger partial charge on any atom is 0.220 e. The van der Waals surface area contributed by atoms with Gasteiger partial charge in [0.05, 0.1) is 25.4 Å². The number of aliphatic hydroxyl groups excluding tert-OH is 5. The molecule has 1 heterocycles. The second-order valence-corrected chi connectivity index (χ2v) is 16.2. The van der Waals surface area contributed by atoms with E-state index in [2.05, 4.69) is 12.2 Å². The Balaban J connectivity index is 1.91. The number of amides is 1. The summed E-state index contributed by atoms with van der Waals surface area (Å²) in [5.41, 5.74) is 0. The molecule has 53 heavy (non-hydrogen) atoms. The van der Waals surface area contributed by atoms with Crippen molar-refractivity contribution in [2.45, 2.75) is 262 Å². The van der Waals surface area contributed by atoms with Crippen LogP contribution in [0, 0.1) is 0 Å². The molecule has 9 nitrogen and oxygen atoms in total. The third-order valence-corrected chi connectivity index (χ3v) is 11.3. The molecule has 9 heteroatoms. The number of ether oxygens (including phenoxy) is 2. The highest BCUT2D eigenvalue weighted by Gasteiger charge is 2.44. The number of aliphatic hydroxyl groups is 5. The molecule has 0 aromatic rings. The molecule has 0 aromatic carbocycles. The molecule has 1 rings (SSSR count). The van der Waals surface area contributed by atoms with Crippen molar-refractivity contribution in [3.63, 3.8) is 0 Å². The molecule has 0 saturated carbocycles. The molecule has 1 aliphatic heterocycles. The van der Waals surface area contributed by atoms with E-state index in [4.69, 9.17) is 9.47 Å². The van der Waals surface area contributed by atoms with Gasteiger partial charge in [-0.1, -0.05) is 206 Å². The van der Waals surface area contributed by atoms with Crippen LogP contribution < -0.4 is 5.32 Å². The van der Waals surface area contributed by atoms with Gasteiger partial charge in [-0.25, -0.2) is 0 Å². The Morgan fingerprint density at radius 1 is 0.566 bits per heavy atom. The summed E-state index contributed by atoms with van der Waals surface area (Å²) in [5.74, 6) is -0.229. The van der Waals surface area contributed by atoms with Crippen molar-refractivity contribution in [1.29, 1.82) is 0 Å². The fourth-order valence-electron chi connectivity index (χ4n) is 7.54. The summed E-state index contributed by atoms with van der Waals surface area (Å²) in [7, 11) is 0. The van der Waals surface area contributed by atoms with Crippen LogP contribution in [0.15, 0.2) is 0 Å². The average Bonchev–Trinajstić information content (AvgIpc) is 3.16. The van der Waals surface area contributed by atoms with Gasteiger partial charge in [0, 0.05) is 6.42 Å². The van der Waals surface area contributed by atoms with Crippen LogP contribution in [0.3, 0.4) is 0 Å². The highest BCUT2D eigenvalue weighted by Crippen LogP contribution is 2.23. The van der Waals surface area contributed by atoms with E-state index in [1.165, 1.54) is 173 Å². The smallest absolute Gasteiger partial charge is 0.220 e. The molecule has 0 bridgehead atoms. The van der Waals surface area contributed by atoms with Crippen molar-refractivity contribution in [2.24, 2.45) is 0 Å². The molecule has 1 amide bonds. The van der Waals surface area contributed by atoms with Gasteiger partial charge in [-0.3, -0.25) is 4.79 Å². The van der Waals surface area contributed by atoms with Gasteiger partial charge in [0.1, 0.15) is 24.4 Å². The van der Waals surface area contributed by atoms with Crippen LogP contribution in [0.5, 0.6) is 0 Å². The molecule has 1 saturated heterocycles. The van der Waals surface area contributed by atoms with Crippen molar-refractivity contribution < 1.29 is 39.8 Å². The van der Waals surface area contributed by atoms with Crippen LogP contribution >= 0.6 is 0 Å². The van der Waals surface area contributed by atoms with Crippen LogP contribution in [0.1, 0.15) is 219 Å². The molecule has 0 spiro atoms. The summed E-state index contributed by atoms with van der Waals surface area (Å²) < 4.78 is 11.0. The van der Waals surface area contributed by atoms with Gasteiger partial charge >= 0.3 is 0 Å². The van der Waals surface area contributed by atoms with Gasteiger partial charge in [0.2, 0.25) is 5.91 Å². The highest BCUT2D eigenvalue weighted by atomic mass is 16.7. The van der Waals surface area contributed by atoms with Gasteiger partial charge in [0.15, 0.2) is 6.29 Å². The molecular formula is C44H87NO8. The van der Waals surface area contributed by atoms with E-state index in [0.29, 0.717) is 6.42 Å². The predicted octanol–water partition coefficient (Wildman–Crippen LogP) is 9.17. The Morgan fingerprint density at radius 2 is 0.925 bits per heavy atom. The number of rotatable bonds is 38. The highest BCUT2D eigenvalue weighted by molar-refractivity contribution is 5.75. The number of hydrogen-bond donors (Lipinski definition) is 6. The Morgan fingerprint density at radius 3 is 1.26 bits per heavy atom. The van der Waals surface area contributed by atoms with Gasteiger partial charge in [-0.05, 0) is 6.42 Å². The van der Waals surface area contributed by atoms with Crippen LogP contribution in [0.2, 0.25) is 0 Å². The third-order valence-electron chi connectivity index (χ3n) is 11.3. The number of hydrogen-bond acceptors (Lipinski definition) is 8. The van der Waals surface area contributed by atoms with E-state index >= 15 is 0 Å². The van der Waals surface area contributed by atoms with Crippen molar-refractivity contribution in [2.75, 3.05) is 13.2 Å². The average molecular weight is 758 g/mol. The van der Waals surface area contributed by atoms with E-state index < -0.39 is 49.5 Å². The van der Waals surface area contributed by atoms with E-state index in [-0.39, 0.29) is 18.9 Å². The molecule has 7 atom stereocenters. The monoisotopic (exact) mass is 758 g/mol. The molecule has 1 fully saturated rings. The van der Waals surface area contributed by atoms with Gasteiger partial charge in [-0.15, -0.1) is 0 Å². The first-order valence-corrected chi connectivity index (χ1v) is 22.7. The molecular weight excluding hydrogens is 670 g/mol. The minimum atomic E-state index is -1.54. The zero-order valence-electron chi connectivity index (χ0n) is 34.5. The summed E-state index contributed by atoms with van der Waals surface area (Å²) in [6, 6.07) is -0.710. The molecule has 6 N–H and O–H groups in total. The maximum atomic E-state index is 12.1. The van der Waals surface area contributed by atoms with Gasteiger partial charge < -0.3 is 40.3 Å². The lowest BCUT2D eigenvalue weighted by Gasteiger charge is -2.40.